The molecule has 1 aromatic carbocycles. The minimum Gasteiger partial charge on any atom is -0.477 e. The highest BCUT2D eigenvalue weighted by Crippen LogP contribution is 2.38. The molecule has 210 valence electrons. The number of carbonyl (C=O) groups excluding carboxylic acids is 1. The van der Waals surface area contributed by atoms with Crippen LogP contribution in [-0.2, 0) is 30.5 Å². The summed E-state index contributed by atoms with van der Waals surface area (Å²) in [5.41, 5.74) is 0.907. The van der Waals surface area contributed by atoms with Crippen LogP contribution in [0.3, 0.4) is 0 Å². The van der Waals surface area contributed by atoms with Crippen LogP contribution in [0.5, 0.6) is 0 Å². The van der Waals surface area contributed by atoms with E-state index < -0.39 is 27.3 Å². The highest BCUT2D eigenvalue weighted by atomic mass is 32.2. The number of aromatic carboxylic acids is 1. The van der Waals surface area contributed by atoms with Crippen LogP contribution in [0.2, 0.25) is 0 Å². The second kappa shape index (κ2) is 10.6. The van der Waals surface area contributed by atoms with Gasteiger partial charge in [0.1, 0.15) is 11.5 Å². The highest BCUT2D eigenvalue weighted by Gasteiger charge is 2.33. The molecule has 11 nitrogen and oxygen atoms in total. The Balaban J connectivity index is 1.98. The summed E-state index contributed by atoms with van der Waals surface area (Å²) in [4.78, 5) is 36.8. The lowest BCUT2D eigenvalue weighted by Crippen LogP contribution is -2.44. The average Bonchev–Trinajstić information content (AvgIpc) is 3.19. The number of anilines is 1. The second-order valence-electron chi connectivity index (χ2n) is 10.8. The maximum atomic E-state index is 13.0. The number of aromatic nitrogens is 3. The summed E-state index contributed by atoms with van der Waals surface area (Å²) in [7, 11) is -3.39. The lowest BCUT2D eigenvalue weighted by atomic mass is 9.84. The van der Waals surface area contributed by atoms with E-state index in [0.29, 0.717) is 53.3 Å². The molecule has 2 aromatic heterocycles. The third-order valence-corrected chi connectivity index (χ3v) is 7.29. The fourth-order valence-corrected chi connectivity index (χ4v) is 5.62. The molecular weight excluding hydrogens is 524 g/mol. The molecule has 1 N–H and O–H groups in total. The van der Waals surface area contributed by atoms with E-state index >= 15 is 0 Å². The average molecular weight is 559 g/mol. The smallest absolute Gasteiger partial charge is 0.419 e. The number of carbonyl (C=O) groups is 2. The zero-order valence-corrected chi connectivity index (χ0v) is 23.8. The fraction of sp³-hybridized carbons (Fsp3) is 0.481. The lowest BCUT2D eigenvalue weighted by Gasteiger charge is -2.34. The van der Waals surface area contributed by atoms with Gasteiger partial charge < -0.3 is 19.5 Å². The Morgan fingerprint density at radius 3 is 2.51 bits per heavy atom. The van der Waals surface area contributed by atoms with Crippen molar-refractivity contribution in [3.8, 4) is 11.4 Å². The molecule has 1 aliphatic heterocycles. The van der Waals surface area contributed by atoms with Crippen molar-refractivity contribution in [1.82, 2.24) is 14.5 Å². The molecule has 1 saturated heterocycles. The predicted octanol–water partition coefficient (Wildman–Crippen LogP) is 3.87. The van der Waals surface area contributed by atoms with Gasteiger partial charge in [-0.15, -0.1) is 0 Å². The van der Waals surface area contributed by atoms with E-state index in [-0.39, 0.29) is 29.9 Å². The number of sulfone groups is 1. The van der Waals surface area contributed by atoms with Crippen molar-refractivity contribution in [3.63, 3.8) is 0 Å². The van der Waals surface area contributed by atoms with Gasteiger partial charge in [0.2, 0.25) is 0 Å². The number of rotatable bonds is 6. The molecule has 12 heteroatoms. The number of ether oxygens (including phenoxy) is 2. The normalized spacial score (nSPS) is 16.5. The molecule has 0 amide bonds. The topological polar surface area (TPSA) is 141 Å². The molecule has 0 unspecified atom stereocenters. The molecule has 39 heavy (non-hydrogen) atoms. The van der Waals surface area contributed by atoms with Gasteiger partial charge in [0.25, 0.3) is 0 Å². The molecule has 1 aliphatic rings. The quantitative estimate of drug-likeness (QED) is 0.474. The van der Waals surface area contributed by atoms with Crippen molar-refractivity contribution in [2.45, 2.75) is 51.8 Å². The number of hydrogen-bond acceptors (Lipinski definition) is 9. The molecule has 0 saturated carbocycles. The molecule has 0 bridgehead atoms. The monoisotopic (exact) mass is 558 g/mol. The zero-order valence-electron chi connectivity index (χ0n) is 23.0. The summed E-state index contributed by atoms with van der Waals surface area (Å²) in [6.45, 7) is 11.0. The first-order valence-corrected chi connectivity index (χ1v) is 14.8. The largest absolute Gasteiger partial charge is 0.477 e. The Labute approximate surface area is 227 Å². The molecule has 3 aromatic rings. The van der Waals surface area contributed by atoms with E-state index in [4.69, 9.17) is 14.5 Å². The van der Waals surface area contributed by atoms with Gasteiger partial charge in [-0.3, -0.25) is 0 Å². The van der Waals surface area contributed by atoms with Crippen LogP contribution in [-0.4, -0.2) is 78.8 Å². The van der Waals surface area contributed by atoms with Gasteiger partial charge >= 0.3 is 12.1 Å². The molecule has 1 atom stereocenters. The van der Waals surface area contributed by atoms with E-state index in [0.717, 1.165) is 10.8 Å². The van der Waals surface area contributed by atoms with Gasteiger partial charge in [0, 0.05) is 29.8 Å². The Hall–Kier alpha value is -3.51. The molecular formula is C27H34N4O7S. The molecule has 1 fully saturated rings. The van der Waals surface area contributed by atoms with Crippen molar-refractivity contribution in [3.05, 3.63) is 41.2 Å². The molecule has 0 spiro atoms. The zero-order chi connectivity index (χ0) is 28.7. The molecule has 0 aliphatic carbocycles. The Morgan fingerprint density at radius 1 is 1.21 bits per heavy atom. The SMILES string of the molecule is CCOC(=O)n1c(C(=O)O)c(C(C)(C)C)c2ccc(-c3nc(CS(C)(=O)=O)cc(N4CCOC[C@@H]4C)n3)cc21. The van der Waals surface area contributed by atoms with Gasteiger partial charge in [-0.25, -0.2) is 32.5 Å². The van der Waals surface area contributed by atoms with Gasteiger partial charge in [-0.05, 0) is 30.9 Å². The van der Waals surface area contributed by atoms with E-state index in [1.807, 2.05) is 32.6 Å². The van der Waals surface area contributed by atoms with Crippen molar-refractivity contribution in [2.75, 3.05) is 37.5 Å². The number of hydrogen-bond donors (Lipinski definition) is 1. The second-order valence-corrected chi connectivity index (χ2v) is 12.9. The third kappa shape index (κ3) is 5.91. The number of benzene rings is 1. The summed E-state index contributed by atoms with van der Waals surface area (Å²) in [6, 6.07) is 6.84. The Bertz CT molecular complexity index is 1540. The molecule has 4 rings (SSSR count). The fourth-order valence-electron chi connectivity index (χ4n) is 4.94. The van der Waals surface area contributed by atoms with Gasteiger partial charge in [-0.2, -0.15) is 0 Å². The summed E-state index contributed by atoms with van der Waals surface area (Å²) in [5, 5.41) is 10.7. The van der Waals surface area contributed by atoms with Crippen LogP contribution in [0, 0.1) is 0 Å². The predicted molar refractivity (Wildman–Crippen MR) is 147 cm³/mol. The van der Waals surface area contributed by atoms with Crippen LogP contribution >= 0.6 is 0 Å². The number of morpholine rings is 1. The van der Waals surface area contributed by atoms with Crippen LogP contribution < -0.4 is 4.90 Å². The van der Waals surface area contributed by atoms with Gasteiger partial charge in [0.15, 0.2) is 15.7 Å². The minimum atomic E-state index is -3.39. The summed E-state index contributed by atoms with van der Waals surface area (Å²) < 4.78 is 36.2. The first-order valence-electron chi connectivity index (χ1n) is 12.7. The molecule has 3 heterocycles. The standard InChI is InChI=1S/C27H34N4O7S/c1-7-38-26(34)31-20-12-17(8-9-19(20)22(27(3,4)5)23(31)25(32)33)24-28-18(15-39(6,35)36)13-21(29-24)30-10-11-37-14-16(30)2/h8-9,12-13,16H,7,10-11,14-15H2,1-6H3,(H,32,33)/t16-/m0/s1. The minimum absolute atomic E-state index is 0.0172. The maximum absolute atomic E-state index is 13.0. The van der Waals surface area contributed by atoms with Crippen molar-refractivity contribution < 1.29 is 32.6 Å². The van der Waals surface area contributed by atoms with E-state index in [2.05, 4.69) is 4.98 Å². The number of carboxylic acid groups (broad SMARTS) is 1. The van der Waals surface area contributed by atoms with Crippen molar-refractivity contribution >= 4 is 38.6 Å². The van der Waals surface area contributed by atoms with Gasteiger partial charge in [0.05, 0.1) is 42.8 Å². The van der Waals surface area contributed by atoms with Gasteiger partial charge in [-0.1, -0.05) is 32.9 Å². The van der Waals surface area contributed by atoms with E-state index in [1.165, 1.54) is 0 Å². The summed E-state index contributed by atoms with van der Waals surface area (Å²) >= 11 is 0. The lowest BCUT2D eigenvalue weighted by molar-refractivity contribution is 0.0679. The Kier molecular flexibility index (Phi) is 7.72. The Morgan fingerprint density at radius 2 is 1.92 bits per heavy atom. The van der Waals surface area contributed by atoms with Crippen LogP contribution in [0.1, 0.15) is 56.4 Å². The van der Waals surface area contributed by atoms with E-state index in [1.54, 1.807) is 31.2 Å². The van der Waals surface area contributed by atoms with Crippen molar-refractivity contribution in [2.24, 2.45) is 0 Å². The van der Waals surface area contributed by atoms with Crippen LogP contribution in [0.4, 0.5) is 10.6 Å². The number of nitrogens with zero attached hydrogens (tertiary/aromatic N) is 4. The van der Waals surface area contributed by atoms with Crippen LogP contribution in [0.15, 0.2) is 24.3 Å². The first kappa shape index (κ1) is 28.5. The third-order valence-electron chi connectivity index (χ3n) is 6.47. The highest BCUT2D eigenvalue weighted by molar-refractivity contribution is 7.89. The first-order chi connectivity index (χ1) is 18.2. The molecule has 0 radical (unpaired) electrons. The number of carboxylic acids is 1. The van der Waals surface area contributed by atoms with Crippen LogP contribution in [0.25, 0.3) is 22.3 Å². The van der Waals surface area contributed by atoms with E-state index in [9.17, 15) is 23.1 Å². The number of fused-ring (bicyclic) bond motifs is 1. The van der Waals surface area contributed by atoms with Crippen molar-refractivity contribution in [1.29, 1.82) is 0 Å². The summed E-state index contributed by atoms with van der Waals surface area (Å²) in [6.07, 6.45) is 0.341. The maximum Gasteiger partial charge on any atom is 0.419 e. The summed E-state index contributed by atoms with van der Waals surface area (Å²) in [5.74, 6) is -0.692.